The number of anilines is 2. The quantitative estimate of drug-likeness (QED) is 0.849. The van der Waals surface area contributed by atoms with Crippen LogP contribution in [0.25, 0.3) is 0 Å². The molecule has 19 heavy (non-hydrogen) atoms. The molecule has 2 nitrogen and oxygen atoms in total. The summed E-state index contributed by atoms with van der Waals surface area (Å²) < 4.78 is 5.21. The summed E-state index contributed by atoms with van der Waals surface area (Å²) in [5, 5.41) is 4.14. The lowest BCUT2D eigenvalue weighted by Gasteiger charge is -2.15. The molecule has 0 atom stereocenters. The SMILES string of the molecule is COc1ccc(Nc2c(C)cc(C)cc2Cl)c(C)c1. The minimum Gasteiger partial charge on any atom is -0.497 e. The number of hydrogen-bond donors (Lipinski definition) is 1. The van der Waals surface area contributed by atoms with Crippen molar-refractivity contribution < 1.29 is 4.74 Å². The smallest absolute Gasteiger partial charge is 0.119 e. The van der Waals surface area contributed by atoms with Gasteiger partial charge in [-0.25, -0.2) is 0 Å². The average Bonchev–Trinajstić information content (AvgIpc) is 2.35. The predicted molar refractivity (Wildman–Crippen MR) is 81.9 cm³/mol. The summed E-state index contributed by atoms with van der Waals surface area (Å²) in [4.78, 5) is 0. The zero-order valence-corrected chi connectivity index (χ0v) is 12.4. The van der Waals surface area contributed by atoms with Gasteiger partial charge in [0, 0.05) is 5.69 Å². The molecule has 0 fully saturated rings. The van der Waals surface area contributed by atoms with Crippen LogP contribution in [0.1, 0.15) is 16.7 Å². The van der Waals surface area contributed by atoms with E-state index in [4.69, 9.17) is 16.3 Å². The molecule has 0 aromatic heterocycles. The van der Waals surface area contributed by atoms with Crippen LogP contribution in [0.15, 0.2) is 30.3 Å². The summed E-state index contributed by atoms with van der Waals surface area (Å²) >= 11 is 6.31. The number of aryl methyl sites for hydroxylation is 3. The van der Waals surface area contributed by atoms with Gasteiger partial charge in [-0.2, -0.15) is 0 Å². The Morgan fingerprint density at radius 3 is 2.32 bits per heavy atom. The van der Waals surface area contributed by atoms with Gasteiger partial charge in [0.2, 0.25) is 0 Å². The number of rotatable bonds is 3. The first-order valence-electron chi connectivity index (χ1n) is 6.19. The van der Waals surface area contributed by atoms with Crippen LogP contribution in [-0.2, 0) is 0 Å². The van der Waals surface area contributed by atoms with E-state index in [2.05, 4.69) is 18.3 Å². The maximum atomic E-state index is 6.31. The van der Waals surface area contributed by atoms with Gasteiger partial charge in [-0.1, -0.05) is 17.7 Å². The van der Waals surface area contributed by atoms with E-state index in [0.29, 0.717) is 0 Å². The lowest BCUT2D eigenvalue weighted by molar-refractivity contribution is 0.414. The van der Waals surface area contributed by atoms with Crippen LogP contribution < -0.4 is 10.1 Å². The Kier molecular flexibility index (Phi) is 4.01. The van der Waals surface area contributed by atoms with Crippen molar-refractivity contribution in [1.82, 2.24) is 0 Å². The normalized spacial score (nSPS) is 10.4. The Balaban J connectivity index is 2.36. The van der Waals surface area contributed by atoms with Crippen molar-refractivity contribution in [2.45, 2.75) is 20.8 Å². The highest BCUT2D eigenvalue weighted by atomic mass is 35.5. The molecule has 2 aromatic carbocycles. The summed E-state index contributed by atoms with van der Waals surface area (Å²) in [5.41, 5.74) is 5.42. The molecule has 2 rings (SSSR count). The molecule has 2 aromatic rings. The Bertz CT molecular complexity index is 585. The molecule has 3 heteroatoms. The summed E-state index contributed by atoms with van der Waals surface area (Å²) in [6, 6.07) is 10.0. The first-order chi connectivity index (χ1) is 9.01. The van der Waals surface area contributed by atoms with Crippen LogP contribution in [-0.4, -0.2) is 7.11 Å². The number of methoxy groups -OCH3 is 1. The third-order valence-corrected chi connectivity index (χ3v) is 3.42. The molecule has 0 bridgehead atoms. The summed E-state index contributed by atoms with van der Waals surface area (Å²) in [7, 11) is 1.67. The van der Waals surface area contributed by atoms with Crippen LogP contribution in [0.5, 0.6) is 5.75 Å². The largest absolute Gasteiger partial charge is 0.497 e. The standard InChI is InChI=1S/C16H18ClNO/c1-10-7-12(3)16(14(17)8-10)18-15-6-5-13(19-4)9-11(15)2/h5-9,18H,1-4H3. The van der Waals surface area contributed by atoms with Crippen molar-refractivity contribution in [3.63, 3.8) is 0 Å². The van der Waals surface area contributed by atoms with E-state index in [1.54, 1.807) is 7.11 Å². The number of halogens is 1. The first-order valence-corrected chi connectivity index (χ1v) is 6.57. The molecule has 0 aliphatic heterocycles. The highest BCUT2D eigenvalue weighted by Crippen LogP contribution is 2.32. The fourth-order valence-electron chi connectivity index (χ4n) is 2.11. The molecule has 100 valence electrons. The van der Waals surface area contributed by atoms with Crippen LogP contribution in [0.2, 0.25) is 5.02 Å². The monoisotopic (exact) mass is 275 g/mol. The van der Waals surface area contributed by atoms with E-state index < -0.39 is 0 Å². The van der Waals surface area contributed by atoms with Crippen LogP contribution in [0, 0.1) is 20.8 Å². The topological polar surface area (TPSA) is 21.3 Å². The minimum atomic E-state index is 0.743. The van der Waals surface area contributed by atoms with Gasteiger partial charge in [-0.3, -0.25) is 0 Å². The molecular weight excluding hydrogens is 258 g/mol. The van der Waals surface area contributed by atoms with Crippen LogP contribution in [0.4, 0.5) is 11.4 Å². The summed E-state index contributed by atoms with van der Waals surface area (Å²) in [6.45, 7) is 6.14. The number of benzene rings is 2. The molecule has 0 aliphatic rings. The van der Waals surface area contributed by atoms with Gasteiger partial charge in [0.1, 0.15) is 5.75 Å². The van der Waals surface area contributed by atoms with E-state index in [1.807, 2.05) is 38.1 Å². The summed E-state index contributed by atoms with van der Waals surface area (Å²) in [6.07, 6.45) is 0. The number of nitrogens with one attached hydrogen (secondary N) is 1. The molecule has 0 unspecified atom stereocenters. The van der Waals surface area contributed by atoms with E-state index in [-0.39, 0.29) is 0 Å². The molecule has 1 N–H and O–H groups in total. The predicted octanol–water partition coefficient (Wildman–Crippen LogP) is 5.02. The molecule has 0 spiro atoms. The molecule has 0 heterocycles. The average molecular weight is 276 g/mol. The molecule has 0 aliphatic carbocycles. The second-order valence-corrected chi connectivity index (χ2v) is 5.15. The van der Waals surface area contributed by atoms with Gasteiger partial charge in [-0.15, -0.1) is 0 Å². The van der Waals surface area contributed by atoms with Crippen molar-refractivity contribution in [1.29, 1.82) is 0 Å². The third-order valence-electron chi connectivity index (χ3n) is 3.12. The van der Waals surface area contributed by atoms with Gasteiger partial charge in [0.15, 0.2) is 0 Å². The van der Waals surface area contributed by atoms with Crippen molar-refractivity contribution in [3.8, 4) is 5.75 Å². The minimum absolute atomic E-state index is 0.743. The molecule has 0 saturated carbocycles. The zero-order valence-electron chi connectivity index (χ0n) is 11.7. The van der Waals surface area contributed by atoms with E-state index in [0.717, 1.165) is 33.3 Å². The zero-order chi connectivity index (χ0) is 14.0. The number of ether oxygens (including phenoxy) is 1. The highest BCUT2D eigenvalue weighted by Gasteiger charge is 2.07. The first kappa shape index (κ1) is 13.8. The maximum Gasteiger partial charge on any atom is 0.119 e. The fourth-order valence-corrected chi connectivity index (χ4v) is 2.48. The number of hydrogen-bond acceptors (Lipinski definition) is 2. The van der Waals surface area contributed by atoms with Gasteiger partial charge < -0.3 is 10.1 Å². The third kappa shape index (κ3) is 3.02. The van der Waals surface area contributed by atoms with Crippen molar-refractivity contribution in [3.05, 3.63) is 52.0 Å². The van der Waals surface area contributed by atoms with E-state index in [9.17, 15) is 0 Å². The second-order valence-electron chi connectivity index (χ2n) is 4.74. The Hall–Kier alpha value is -1.67. The molecule has 0 saturated heterocycles. The maximum absolute atomic E-state index is 6.31. The Morgan fingerprint density at radius 2 is 1.74 bits per heavy atom. The van der Waals surface area contributed by atoms with Crippen molar-refractivity contribution in [2.75, 3.05) is 12.4 Å². The Morgan fingerprint density at radius 1 is 1.00 bits per heavy atom. The molecule has 0 amide bonds. The van der Waals surface area contributed by atoms with Gasteiger partial charge in [0.25, 0.3) is 0 Å². The lowest BCUT2D eigenvalue weighted by atomic mass is 10.1. The molecule has 0 radical (unpaired) electrons. The van der Waals surface area contributed by atoms with Gasteiger partial charge >= 0.3 is 0 Å². The van der Waals surface area contributed by atoms with Crippen LogP contribution in [0.3, 0.4) is 0 Å². The lowest BCUT2D eigenvalue weighted by Crippen LogP contribution is -1.97. The van der Waals surface area contributed by atoms with Crippen molar-refractivity contribution >= 4 is 23.0 Å². The van der Waals surface area contributed by atoms with E-state index >= 15 is 0 Å². The highest BCUT2D eigenvalue weighted by molar-refractivity contribution is 6.33. The van der Waals surface area contributed by atoms with Crippen molar-refractivity contribution in [2.24, 2.45) is 0 Å². The Labute approximate surface area is 119 Å². The molecular formula is C16H18ClNO. The van der Waals surface area contributed by atoms with Crippen LogP contribution >= 0.6 is 11.6 Å². The second kappa shape index (κ2) is 5.54. The fraction of sp³-hybridized carbons (Fsp3) is 0.250. The summed E-state index contributed by atoms with van der Waals surface area (Å²) in [5.74, 6) is 0.856. The van der Waals surface area contributed by atoms with Gasteiger partial charge in [0.05, 0.1) is 17.8 Å². The van der Waals surface area contributed by atoms with E-state index in [1.165, 1.54) is 5.56 Å². The van der Waals surface area contributed by atoms with Gasteiger partial charge in [-0.05, 0) is 61.7 Å².